The molecule has 1 aromatic heterocycles. The Hall–Kier alpha value is -3.35. The zero-order valence-electron chi connectivity index (χ0n) is 16.0. The number of nitrogens with zero attached hydrogens (tertiary/aromatic N) is 1. The minimum atomic E-state index is -1.22. The Bertz CT molecular complexity index is 1030. The van der Waals surface area contributed by atoms with Gasteiger partial charge in [0, 0.05) is 11.8 Å². The molecule has 0 saturated heterocycles. The first kappa shape index (κ1) is 19.0. The summed E-state index contributed by atoms with van der Waals surface area (Å²) in [5, 5.41) is 22.4. The van der Waals surface area contributed by atoms with Crippen LogP contribution in [-0.4, -0.2) is 38.5 Å². The lowest BCUT2D eigenvalue weighted by molar-refractivity contribution is -0.141. The summed E-state index contributed by atoms with van der Waals surface area (Å²) in [4.78, 5) is 37.4. The molecule has 150 valence electrons. The van der Waals surface area contributed by atoms with Gasteiger partial charge in [-0.2, -0.15) is 0 Å². The van der Waals surface area contributed by atoms with Gasteiger partial charge in [-0.1, -0.05) is 43.2 Å². The SMILES string of the molecule is CC(NC(=O)C1=C(O)c2c(-c3ccccc3)ccn2C2(CCCC2)C1=O)C(=O)O. The third kappa shape index (κ3) is 2.85. The Morgan fingerprint density at radius 1 is 1.14 bits per heavy atom. The van der Waals surface area contributed by atoms with Crippen LogP contribution in [0.3, 0.4) is 0 Å². The van der Waals surface area contributed by atoms with Crippen molar-refractivity contribution in [2.75, 3.05) is 0 Å². The van der Waals surface area contributed by atoms with Gasteiger partial charge in [-0.25, -0.2) is 0 Å². The van der Waals surface area contributed by atoms with Gasteiger partial charge < -0.3 is 20.1 Å². The summed E-state index contributed by atoms with van der Waals surface area (Å²) >= 11 is 0. The number of amides is 1. The number of nitrogens with one attached hydrogen (secondary N) is 1. The average molecular weight is 394 g/mol. The van der Waals surface area contributed by atoms with Gasteiger partial charge in [-0.15, -0.1) is 0 Å². The molecule has 1 aliphatic carbocycles. The molecule has 7 nitrogen and oxygen atoms in total. The first-order valence-corrected chi connectivity index (χ1v) is 9.66. The topological polar surface area (TPSA) is 109 Å². The lowest BCUT2D eigenvalue weighted by atomic mass is 9.82. The predicted molar refractivity (Wildman–Crippen MR) is 106 cm³/mol. The van der Waals surface area contributed by atoms with E-state index >= 15 is 0 Å². The highest BCUT2D eigenvalue weighted by molar-refractivity contribution is 6.27. The van der Waals surface area contributed by atoms with E-state index in [9.17, 15) is 19.5 Å². The van der Waals surface area contributed by atoms with Crippen LogP contribution in [0.1, 0.15) is 38.3 Å². The Kier molecular flexibility index (Phi) is 4.53. The summed E-state index contributed by atoms with van der Waals surface area (Å²) < 4.78 is 1.80. The second-order valence-corrected chi connectivity index (χ2v) is 7.64. The Balaban J connectivity index is 1.90. The maximum Gasteiger partial charge on any atom is 0.325 e. The maximum atomic E-state index is 13.4. The second-order valence-electron chi connectivity index (χ2n) is 7.64. The van der Waals surface area contributed by atoms with Gasteiger partial charge in [0.1, 0.15) is 17.2 Å². The van der Waals surface area contributed by atoms with Crippen molar-refractivity contribution in [2.24, 2.45) is 0 Å². The highest BCUT2D eigenvalue weighted by atomic mass is 16.4. The highest BCUT2D eigenvalue weighted by Crippen LogP contribution is 2.47. The van der Waals surface area contributed by atoms with Gasteiger partial charge in [0.2, 0.25) is 0 Å². The molecule has 2 heterocycles. The summed E-state index contributed by atoms with van der Waals surface area (Å²) in [5.41, 5.74) is 0.718. The minimum Gasteiger partial charge on any atom is -0.505 e. The van der Waals surface area contributed by atoms with Crippen molar-refractivity contribution in [1.29, 1.82) is 0 Å². The molecular formula is C22H22N2O5. The zero-order valence-corrected chi connectivity index (χ0v) is 16.0. The third-order valence-electron chi connectivity index (χ3n) is 5.92. The summed E-state index contributed by atoms with van der Waals surface area (Å²) in [7, 11) is 0. The predicted octanol–water partition coefficient (Wildman–Crippen LogP) is 2.87. The fourth-order valence-corrected chi connectivity index (χ4v) is 4.42. The molecule has 0 radical (unpaired) electrons. The van der Waals surface area contributed by atoms with E-state index in [0.717, 1.165) is 24.0 Å². The fourth-order valence-electron chi connectivity index (χ4n) is 4.42. The van der Waals surface area contributed by atoms with Crippen LogP contribution < -0.4 is 5.32 Å². The number of hydrogen-bond donors (Lipinski definition) is 3. The summed E-state index contributed by atoms with van der Waals surface area (Å²) in [5.74, 6) is -2.94. The largest absolute Gasteiger partial charge is 0.505 e. The van der Waals surface area contributed by atoms with Crippen LogP contribution in [-0.2, 0) is 19.9 Å². The molecule has 1 unspecified atom stereocenters. The minimum absolute atomic E-state index is 0.358. The lowest BCUT2D eigenvalue weighted by Crippen LogP contribution is -2.49. The van der Waals surface area contributed by atoms with Gasteiger partial charge in [-0.3, -0.25) is 14.4 Å². The van der Waals surface area contributed by atoms with Gasteiger partial charge in [-0.05, 0) is 31.4 Å². The number of Topliss-reactive ketones (excluding diaryl/α,β-unsaturated/α-hetero) is 1. The Morgan fingerprint density at radius 3 is 2.41 bits per heavy atom. The van der Waals surface area contributed by atoms with Crippen molar-refractivity contribution in [2.45, 2.75) is 44.2 Å². The number of fused-ring (bicyclic) bond motifs is 2. The van der Waals surface area contributed by atoms with Crippen LogP contribution in [0.15, 0.2) is 48.2 Å². The maximum absolute atomic E-state index is 13.4. The van der Waals surface area contributed by atoms with Crippen LogP contribution in [0.25, 0.3) is 16.9 Å². The van der Waals surface area contributed by atoms with Gasteiger partial charge in [0.15, 0.2) is 11.5 Å². The first-order valence-electron chi connectivity index (χ1n) is 9.66. The molecule has 1 fully saturated rings. The molecule has 0 bridgehead atoms. The molecule has 29 heavy (non-hydrogen) atoms. The van der Waals surface area contributed by atoms with Gasteiger partial charge >= 0.3 is 5.97 Å². The summed E-state index contributed by atoms with van der Waals surface area (Å²) in [6.07, 6.45) is 4.61. The van der Waals surface area contributed by atoms with Crippen molar-refractivity contribution in [3.63, 3.8) is 0 Å². The molecule has 1 aliphatic heterocycles. The molecule has 1 saturated carbocycles. The number of carboxylic acid groups (broad SMARTS) is 1. The van der Waals surface area contributed by atoms with Crippen molar-refractivity contribution in [3.8, 4) is 11.1 Å². The second kappa shape index (κ2) is 6.92. The molecule has 1 aromatic carbocycles. The number of carboxylic acids is 1. The number of aliphatic carboxylic acids is 1. The quantitative estimate of drug-likeness (QED) is 0.691. The van der Waals surface area contributed by atoms with Crippen molar-refractivity contribution < 1.29 is 24.6 Å². The van der Waals surface area contributed by atoms with Gasteiger partial charge in [0.25, 0.3) is 5.91 Å². The Morgan fingerprint density at radius 2 is 1.79 bits per heavy atom. The van der Waals surface area contributed by atoms with Crippen LogP contribution in [0, 0.1) is 0 Å². The van der Waals surface area contributed by atoms with E-state index in [1.807, 2.05) is 36.4 Å². The zero-order chi connectivity index (χ0) is 20.8. The number of hydrogen-bond acceptors (Lipinski definition) is 4. The third-order valence-corrected chi connectivity index (χ3v) is 5.92. The molecule has 2 aromatic rings. The smallest absolute Gasteiger partial charge is 0.325 e. The van der Waals surface area contributed by atoms with Crippen molar-refractivity contribution >= 4 is 23.4 Å². The van der Waals surface area contributed by atoms with E-state index in [4.69, 9.17) is 5.11 Å². The average Bonchev–Trinajstić information content (AvgIpc) is 3.35. The number of ketones is 1. The number of benzene rings is 1. The molecule has 1 spiro atoms. The monoisotopic (exact) mass is 394 g/mol. The molecule has 1 amide bonds. The number of rotatable bonds is 4. The number of carbonyl (C=O) groups is 3. The van der Waals surface area contributed by atoms with E-state index in [-0.39, 0.29) is 5.57 Å². The van der Waals surface area contributed by atoms with Crippen LogP contribution in [0.5, 0.6) is 0 Å². The molecule has 3 N–H and O–H groups in total. The molecule has 1 atom stereocenters. The molecule has 4 rings (SSSR count). The number of aliphatic hydroxyl groups is 1. The van der Waals surface area contributed by atoms with E-state index in [0.29, 0.717) is 18.5 Å². The standard InChI is InChI=1S/C22H22N2O5/c1-13(21(28)29)23-20(27)16-18(25)17-15(14-7-3-2-4-8-14)9-12-24(17)22(19(16)26)10-5-6-11-22/h2-4,7-9,12-13,25H,5-6,10-11H2,1H3,(H,23,27)(H,28,29). The fraction of sp³-hybridized carbons (Fsp3) is 0.318. The number of carbonyl (C=O) groups excluding carboxylic acids is 2. The van der Waals surface area contributed by atoms with E-state index in [1.165, 1.54) is 6.92 Å². The normalized spacial score (nSPS) is 18.6. The summed E-state index contributed by atoms with van der Waals surface area (Å²) in [6, 6.07) is 10.1. The highest BCUT2D eigenvalue weighted by Gasteiger charge is 2.51. The van der Waals surface area contributed by atoms with Crippen molar-refractivity contribution in [3.05, 3.63) is 53.9 Å². The lowest BCUT2D eigenvalue weighted by Gasteiger charge is -2.36. The molecule has 7 heteroatoms. The van der Waals surface area contributed by atoms with E-state index in [1.54, 1.807) is 10.8 Å². The van der Waals surface area contributed by atoms with Crippen molar-refractivity contribution in [1.82, 2.24) is 9.88 Å². The van der Waals surface area contributed by atoms with Gasteiger partial charge in [0.05, 0.1) is 5.69 Å². The van der Waals surface area contributed by atoms with E-state index < -0.39 is 35.0 Å². The van der Waals surface area contributed by atoms with Crippen LogP contribution >= 0.6 is 0 Å². The van der Waals surface area contributed by atoms with E-state index in [2.05, 4.69) is 5.32 Å². The number of aromatic nitrogens is 1. The number of aliphatic hydroxyl groups excluding tert-OH is 1. The molecular weight excluding hydrogens is 372 g/mol. The molecule has 2 aliphatic rings. The summed E-state index contributed by atoms with van der Waals surface area (Å²) in [6.45, 7) is 1.31. The first-order chi connectivity index (χ1) is 13.9. The van der Waals surface area contributed by atoms with Crippen LogP contribution in [0.4, 0.5) is 0 Å². The van der Waals surface area contributed by atoms with Crippen LogP contribution in [0.2, 0.25) is 0 Å². The Labute approximate surface area is 167 Å².